The fraction of sp³-hybridized carbons (Fsp3) is 0.167. The van der Waals surface area contributed by atoms with Gasteiger partial charge in [0.05, 0.1) is 6.33 Å². The largest absolute Gasteiger partial charge is 0.340 e. The zero-order chi connectivity index (χ0) is 12.4. The summed E-state index contributed by atoms with van der Waals surface area (Å²) in [6.07, 6.45) is 3.51. The lowest BCUT2D eigenvalue weighted by Crippen LogP contribution is -2.04. The maximum atomic E-state index is 11.9. The van der Waals surface area contributed by atoms with Crippen LogP contribution in [0.5, 0.6) is 0 Å². The second-order valence-electron chi connectivity index (χ2n) is 3.76. The number of benzene rings is 1. The van der Waals surface area contributed by atoms with E-state index in [2.05, 4.69) is 4.98 Å². The molecule has 1 aromatic heterocycles. The zero-order valence-corrected chi connectivity index (χ0v) is 10.7. The first-order valence-corrected chi connectivity index (χ1v) is 5.77. The fourth-order valence-electron chi connectivity index (χ4n) is 1.49. The quantitative estimate of drug-likeness (QED) is 0.802. The number of carbonyl (C=O) groups excluding carboxylic acids is 1. The highest BCUT2D eigenvalue weighted by molar-refractivity contribution is 6.35. The van der Waals surface area contributed by atoms with E-state index in [0.717, 1.165) is 5.56 Å². The molecule has 5 heteroatoms. The van der Waals surface area contributed by atoms with Crippen LogP contribution in [0.1, 0.15) is 16.1 Å². The van der Waals surface area contributed by atoms with Crippen molar-refractivity contribution in [3.8, 4) is 0 Å². The van der Waals surface area contributed by atoms with Crippen LogP contribution in [0.2, 0.25) is 10.0 Å². The van der Waals surface area contributed by atoms with Crippen LogP contribution in [0.4, 0.5) is 0 Å². The van der Waals surface area contributed by atoms with Crippen molar-refractivity contribution in [1.82, 2.24) is 9.55 Å². The number of ketones is 1. The number of imidazole rings is 1. The van der Waals surface area contributed by atoms with E-state index in [-0.39, 0.29) is 12.2 Å². The van der Waals surface area contributed by atoms with Crippen molar-refractivity contribution in [3.63, 3.8) is 0 Å². The van der Waals surface area contributed by atoms with Gasteiger partial charge in [0.15, 0.2) is 5.78 Å². The van der Waals surface area contributed by atoms with E-state index in [1.54, 1.807) is 35.3 Å². The Balaban J connectivity index is 2.18. The van der Waals surface area contributed by atoms with Gasteiger partial charge >= 0.3 is 0 Å². The molecule has 88 valence electrons. The zero-order valence-electron chi connectivity index (χ0n) is 9.15. The monoisotopic (exact) mass is 268 g/mol. The van der Waals surface area contributed by atoms with Crippen LogP contribution >= 0.6 is 23.2 Å². The van der Waals surface area contributed by atoms with Gasteiger partial charge in [-0.05, 0) is 17.7 Å². The molecule has 0 unspecified atom stereocenters. The first kappa shape index (κ1) is 12.1. The first-order chi connectivity index (χ1) is 8.06. The average Bonchev–Trinajstić information content (AvgIpc) is 2.69. The van der Waals surface area contributed by atoms with Gasteiger partial charge in [0.2, 0.25) is 0 Å². The Labute approximate surface area is 109 Å². The van der Waals surface area contributed by atoms with Crippen LogP contribution < -0.4 is 0 Å². The lowest BCUT2D eigenvalue weighted by atomic mass is 10.1. The van der Waals surface area contributed by atoms with Crippen LogP contribution in [-0.2, 0) is 13.5 Å². The van der Waals surface area contributed by atoms with E-state index in [4.69, 9.17) is 23.2 Å². The first-order valence-electron chi connectivity index (χ1n) is 5.01. The second-order valence-corrected chi connectivity index (χ2v) is 4.60. The fourth-order valence-corrected chi connectivity index (χ4v) is 1.96. The van der Waals surface area contributed by atoms with Gasteiger partial charge in [0.1, 0.15) is 5.69 Å². The van der Waals surface area contributed by atoms with E-state index in [0.29, 0.717) is 15.7 Å². The highest BCUT2D eigenvalue weighted by atomic mass is 35.5. The molecule has 17 heavy (non-hydrogen) atoms. The van der Waals surface area contributed by atoms with Crippen molar-refractivity contribution in [2.24, 2.45) is 7.05 Å². The van der Waals surface area contributed by atoms with Gasteiger partial charge in [0, 0.05) is 29.7 Å². The van der Waals surface area contributed by atoms with Crippen LogP contribution in [0.15, 0.2) is 30.7 Å². The van der Waals surface area contributed by atoms with Gasteiger partial charge in [-0.2, -0.15) is 0 Å². The molecule has 0 fully saturated rings. The van der Waals surface area contributed by atoms with Crippen LogP contribution in [0.25, 0.3) is 0 Å². The average molecular weight is 269 g/mol. The summed E-state index contributed by atoms with van der Waals surface area (Å²) < 4.78 is 1.73. The summed E-state index contributed by atoms with van der Waals surface area (Å²) in [7, 11) is 1.82. The molecule has 0 spiro atoms. The molecule has 0 radical (unpaired) electrons. The molecular weight excluding hydrogens is 259 g/mol. The third-order valence-electron chi connectivity index (χ3n) is 2.36. The molecule has 0 bridgehead atoms. The number of halogens is 2. The van der Waals surface area contributed by atoms with Gasteiger partial charge in [-0.25, -0.2) is 4.98 Å². The number of rotatable bonds is 3. The molecule has 0 amide bonds. The summed E-state index contributed by atoms with van der Waals surface area (Å²) in [6.45, 7) is 0. The third-order valence-corrected chi connectivity index (χ3v) is 2.94. The van der Waals surface area contributed by atoms with Gasteiger partial charge in [-0.15, -0.1) is 0 Å². The summed E-state index contributed by atoms with van der Waals surface area (Å²) in [6, 6.07) is 5.10. The number of nitrogens with zero attached hydrogens (tertiary/aromatic N) is 2. The van der Waals surface area contributed by atoms with E-state index < -0.39 is 0 Å². The lowest BCUT2D eigenvalue weighted by molar-refractivity contribution is 0.0988. The molecule has 1 aromatic carbocycles. The Bertz CT molecular complexity index is 563. The smallest absolute Gasteiger partial charge is 0.187 e. The normalized spacial score (nSPS) is 10.5. The molecule has 0 N–H and O–H groups in total. The Hall–Kier alpha value is -1.32. The molecular formula is C12H10Cl2N2O. The second kappa shape index (κ2) is 4.90. The summed E-state index contributed by atoms with van der Waals surface area (Å²) >= 11 is 11.8. The molecule has 1 heterocycles. The van der Waals surface area contributed by atoms with Gasteiger partial charge < -0.3 is 4.57 Å². The topological polar surface area (TPSA) is 34.9 Å². The molecule has 0 saturated carbocycles. The van der Waals surface area contributed by atoms with Crippen molar-refractivity contribution >= 4 is 29.0 Å². The number of hydrogen-bond donors (Lipinski definition) is 0. The number of hydrogen-bond acceptors (Lipinski definition) is 2. The molecule has 2 rings (SSSR count). The van der Waals surface area contributed by atoms with Gasteiger partial charge in [0.25, 0.3) is 0 Å². The summed E-state index contributed by atoms with van der Waals surface area (Å²) in [5.41, 5.74) is 1.20. The van der Waals surface area contributed by atoms with Crippen molar-refractivity contribution < 1.29 is 4.79 Å². The minimum Gasteiger partial charge on any atom is -0.340 e. The molecule has 0 atom stereocenters. The Kier molecular flexibility index (Phi) is 3.50. The maximum absolute atomic E-state index is 11.9. The Morgan fingerprint density at radius 2 is 2.18 bits per heavy atom. The minimum absolute atomic E-state index is 0.0603. The van der Waals surface area contributed by atoms with E-state index in [1.165, 1.54) is 0 Å². The van der Waals surface area contributed by atoms with E-state index >= 15 is 0 Å². The predicted molar refractivity (Wildman–Crippen MR) is 67.7 cm³/mol. The minimum atomic E-state index is -0.0603. The molecule has 0 aliphatic heterocycles. The van der Waals surface area contributed by atoms with Crippen molar-refractivity contribution in [2.45, 2.75) is 6.42 Å². The SMILES string of the molecule is Cn1cnc(C(=O)Cc2ccc(Cl)cc2Cl)c1. The van der Waals surface area contributed by atoms with Gasteiger partial charge in [-0.3, -0.25) is 4.79 Å². The van der Waals surface area contributed by atoms with E-state index in [9.17, 15) is 4.79 Å². The van der Waals surface area contributed by atoms with Crippen LogP contribution in [-0.4, -0.2) is 15.3 Å². The van der Waals surface area contributed by atoms with Crippen LogP contribution in [0, 0.1) is 0 Å². The molecule has 0 aliphatic carbocycles. The molecule has 2 aromatic rings. The van der Waals surface area contributed by atoms with Crippen molar-refractivity contribution in [3.05, 3.63) is 52.0 Å². The number of carbonyl (C=O) groups is 1. The molecule has 0 aliphatic rings. The van der Waals surface area contributed by atoms with Crippen LogP contribution in [0.3, 0.4) is 0 Å². The summed E-state index contributed by atoms with van der Waals surface area (Å²) in [4.78, 5) is 15.9. The van der Waals surface area contributed by atoms with Gasteiger partial charge in [-0.1, -0.05) is 29.3 Å². The highest BCUT2D eigenvalue weighted by Gasteiger charge is 2.12. The number of aryl methyl sites for hydroxylation is 1. The summed E-state index contributed by atoms with van der Waals surface area (Å²) in [5, 5.41) is 1.06. The summed E-state index contributed by atoms with van der Waals surface area (Å²) in [5.74, 6) is -0.0603. The van der Waals surface area contributed by atoms with Crippen molar-refractivity contribution in [1.29, 1.82) is 0 Å². The number of Topliss-reactive ketones (excluding diaryl/α,β-unsaturated/α-hetero) is 1. The standard InChI is InChI=1S/C12H10Cl2N2O/c1-16-6-11(15-7-16)12(17)4-8-2-3-9(13)5-10(8)14/h2-3,5-7H,4H2,1H3. The molecule has 0 saturated heterocycles. The number of aromatic nitrogens is 2. The highest BCUT2D eigenvalue weighted by Crippen LogP contribution is 2.22. The Morgan fingerprint density at radius 3 is 2.76 bits per heavy atom. The predicted octanol–water partition coefficient (Wildman–Crippen LogP) is 3.15. The third kappa shape index (κ3) is 2.87. The van der Waals surface area contributed by atoms with E-state index in [1.807, 2.05) is 7.05 Å². The lowest BCUT2D eigenvalue weighted by Gasteiger charge is -2.02. The van der Waals surface area contributed by atoms with Crippen molar-refractivity contribution in [2.75, 3.05) is 0 Å². The molecule has 3 nitrogen and oxygen atoms in total. The Morgan fingerprint density at radius 1 is 1.41 bits per heavy atom. The maximum Gasteiger partial charge on any atom is 0.187 e.